The highest BCUT2D eigenvalue weighted by Crippen LogP contribution is 2.42. The maximum Gasteiger partial charge on any atom is 0.261 e. The van der Waals surface area contributed by atoms with Crippen LogP contribution >= 0.6 is 0 Å². The van der Waals surface area contributed by atoms with Gasteiger partial charge in [-0.2, -0.15) is 0 Å². The van der Waals surface area contributed by atoms with Crippen molar-refractivity contribution >= 4 is 11.8 Å². The molecular formula is C21H21NO2. The molecule has 1 fully saturated rings. The maximum absolute atomic E-state index is 13.2. The fourth-order valence-electron chi connectivity index (χ4n) is 4.28. The lowest BCUT2D eigenvalue weighted by molar-refractivity contribution is 0.0247. The van der Waals surface area contributed by atoms with E-state index < -0.39 is 0 Å². The van der Waals surface area contributed by atoms with Gasteiger partial charge in [-0.1, -0.05) is 55.7 Å². The van der Waals surface area contributed by atoms with Gasteiger partial charge in [0, 0.05) is 11.1 Å². The smallest absolute Gasteiger partial charge is 0.261 e. The van der Waals surface area contributed by atoms with Crippen molar-refractivity contribution in [1.82, 2.24) is 4.90 Å². The van der Waals surface area contributed by atoms with Crippen molar-refractivity contribution in [2.24, 2.45) is 0 Å². The number of rotatable bonds is 1. The normalized spacial score (nSPS) is 19.2. The first kappa shape index (κ1) is 15.1. The van der Waals surface area contributed by atoms with Gasteiger partial charge in [0.25, 0.3) is 11.8 Å². The van der Waals surface area contributed by atoms with Crippen LogP contribution in [-0.4, -0.2) is 22.3 Å². The molecule has 2 aliphatic rings. The average molecular weight is 319 g/mol. The van der Waals surface area contributed by atoms with Crippen molar-refractivity contribution in [2.45, 2.75) is 44.1 Å². The van der Waals surface area contributed by atoms with Crippen LogP contribution in [0.3, 0.4) is 0 Å². The van der Waals surface area contributed by atoms with E-state index in [0.717, 1.165) is 37.7 Å². The van der Waals surface area contributed by atoms with E-state index in [1.807, 2.05) is 42.5 Å². The second-order valence-corrected chi connectivity index (χ2v) is 6.93. The standard InChI is InChI=1S/C21H21NO2/c23-19(16-9-3-1-4-10-16)22-20(24)18-12-6-5-11-17(18)15-21(22)13-7-2-8-14-21/h1,3-6,9-12H,2,7-8,13-15H2. The third-order valence-corrected chi connectivity index (χ3v) is 5.45. The Morgan fingerprint density at radius 1 is 0.875 bits per heavy atom. The number of nitrogens with zero attached hydrogens (tertiary/aromatic N) is 1. The van der Waals surface area contributed by atoms with Crippen LogP contribution in [-0.2, 0) is 6.42 Å². The van der Waals surface area contributed by atoms with Crippen molar-refractivity contribution in [2.75, 3.05) is 0 Å². The van der Waals surface area contributed by atoms with Gasteiger partial charge in [-0.25, -0.2) is 0 Å². The molecular weight excluding hydrogens is 298 g/mol. The van der Waals surface area contributed by atoms with Crippen molar-refractivity contribution in [3.63, 3.8) is 0 Å². The van der Waals surface area contributed by atoms with Gasteiger partial charge >= 0.3 is 0 Å². The number of amides is 2. The predicted octanol–water partition coefficient (Wildman–Crippen LogP) is 4.23. The van der Waals surface area contributed by atoms with Crippen molar-refractivity contribution < 1.29 is 9.59 Å². The van der Waals surface area contributed by atoms with Crippen molar-refractivity contribution in [1.29, 1.82) is 0 Å². The summed E-state index contributed by atoms with van der Waals surface area (Å²) in [6, 6.07) is 16.9. The Bertz CT molecular complexity index is 775. The summed E-state index contributed by atoms with van der Waals surface area (Å²) in [5, 5.41) is 0. The second kappa shape index (κ2) is 5.90. The molecule has 2 aromatic rings. The molecule has 1 aliphatic carbocycles. The number of hydrogen-bond donors (Lipinski definition) is 0. The Kier molecular flexibility index (Phi) is 3.72. The zero-order valence-electron chi connectivity index (χ0n) is 13.7. The van der Waals surface area contributed by atoms with Crippen molar-refractivity contribution in [3.8, 4) is 0 Å². The Labute approximate surface area is 142 Å². The van der Waals surface area contributed by atoms with Gasteiger partial charge in [-0.15, -0.1) is 0 Å². The van der Waals surface area contributed by atoms with E-state index in [1.54, 1.807) is 17.0 Å². The van der Waals surface area contributed by atoms with E-state index in [4.69, 9.17) is 0 Å². The first-order valence-corrected chi connectivity index (χ1v) is 8.73. The van der Waals surface area contributed by atoms with E-state index in [0.29, 0.717) is 11.1 Å². The van der Waals surface area contributed by atoms with Gasteiger partial charge < -0.3 is 0 Å². The van der Waals surface area contributed by atoms with Crippen LogP contribution in [0.2, 0.25) is 0 Å². The molecule has 2 amide bonds. The zero-order chi connectivity index (χ0) is 16.6. The topological polar surface area (TPSA) is 37.4 Å². The summed E-state index contributed by atoms with van der Waals surface area (Å²) in [5.74, 6) is -0.287. The van der Waals surface area contributed by atoms with Crippen molar-refractivity contribution in [3.05, 3.63) is 71.3 Å². The first-order chi connectivity index (χ1) is 11.7. The summed E-state index contributed by atoms with van der Waals surface area (Å²) in [5.41, 5.74) is 2.01. The van der Waals surface area contributed by atoms with Crippen LogP contribution in [0.4, 0.5) is 0 Å². The van der Waals surface area contributed by atoms with Gasteiger partial charge in [0.15, 0.2) is 0 Å². The van der Waals surface area contributed by atoms with Gasteiger partial charge in [-0.3, -0.25) is 14.5 Å². The monoisotopic (exact) mass is 319 g/mol. The minimum atomic E-state index is -0.351. The van der Waals surface area contributed by atoms with E-state index in [2.05, 4.69) is 0 Å². The fraction of sp³-hybridized carbons (Fsp3) is 0.333. The third kappa shape index (κ3) is 2.35. The second-order valence-electron chi connectivity index (χ2n) is 6.93. The molecule has 2 aromatic carbocycles. The molecule has 0 radical (unpaired) electrons. The first-order valence-electron chi connectivity index (χ1n) is 8.73. The van der Waals surface area contributed by atoms with Crippen LogP contribution in [0.5, 0.6) is 0 Å². The molecule has 4 rings (SSSR count). The molecule has 0 atom stereocenters. The highest BCUT2D eigenvalue weighted by atomic mass is 16.2. The van der Waals surface area contributed by atoms with Crippen LogP contribution in [0.1, 0.15) is 58.4 Å². The minimum absolute atomic E-state index is 0.132. The summed E-state index contributed by atoms with van der Waals surface area (Å²) in [7, 11) is 0. The van der Waals surface area contributed by atoms with E-state index in [-0.39, 0.29) is 17.4 Å². The highest BCUT2D eigenvalue weighted by molar-refractivity contribution is 6.12. The Balaban J connectivity index is 1.82. The molecule has 0 bridgehead atoms. The Morgan fingerprint density at radius 3 is 2.29 bits per heavy atom. The number of hydrogen-bond acceptors (Lipinski definition) is 2. The van der Waals surface area contributed by atoms with Crippen LogP contribution < -0.4 is 0 Å². The van der Waals surface area contributed by atoms with Crippen LogP contribution in [0, 0.1) is 0 Å². The Morgan fingerprint density at radius 2 is 1.54 bits per heavy atom. The average Bonchev–Trinajstić information content (AvgIpc) is 2.63. The summed E-state index contributed by atoms with van der Waals surface area (Å²) in [4.78, 5) is 28.0. The number of fused-ring (bicyclic) bond motifs is 1. The van der Waals surface area contributed by atoms with Crippen LogP contribution in [0.25, 0.3) is 0 Å². The predicted molar refractivity (Wildman–Crippen MR) is 92.9 cm³/mol. The maximum atomic E-state index is 13.2. The number of carbonyl (C=O) groups excluding carboxylic acids is 2. The van der Waals surface area contributed by atoms with Gasteiger partial charge in [0.1, 0.15) is 0 Å². The van der Waals surface area contributed by atoms with E-state index in [9.17, 15) is 9.59 Å². The number of imide groups is 1. The molecule has 24 heavy (non-hydrogen) atoms. The van der Waals surface area contributed by atoms with Gasteiger partial charge in [0.2, 0.25) is 0 Å². The molecule has 1 aliphatic heterocycles. The molecule has 0 unspecified atom stereocenters. The molecule has 1 saturated carbocycles. The molecule has 0 aromatic heterocycles. The quantitative estimate of drug-likeness (QED) is 0.738. The molecule has 0 saturated heterocycles. The van der Waals surface area contributed by atoms with E-state index in [1.165, 1.54) is 6.42 Å². The largest absolute Gasteiger partial charge is 0.269 e. The summed E-state index contributed by atoms with van der Waals surface area (Å²) < 4.78 is 0. The third-order valence-electron chi connectivity index (χ3n) is 5.45. The lowest BCUT2D eigenvalue weighted by Crippen LogP contribution is -2.59. The minimum Gasteiger partial charge on any atom is -0.269 e. The molecule has 3 nitrogen and oxygen atoms in total. The van der Waals surface area contributed by atoms with Crippen LogP contribution in [0.15, 0.2) is 54.6 Å². The highest BCUT2D eigenvalue weighted by Gasteiger charge is 2.48. The molecule has 1 spiro atoms. The lowest BCUT2D eigenvalue weighted by atomic mass is 9.72. The summed E-state index contributed by atoms with van der Waals surface area (Å²) in [6.45, 7) is 0. The number of benzene rings is 2. The van der Waals surface area contributed by atoms with Gasteiger partial charge in [0.05, 0.1) is 5.54 Å². The summed E-state index contributed by atoms with van der Waals surface area (Å²) in [6.07, 6.45) is 5.94. The Hall–Kier alpha value is -2.42. The lowest BCUT2D eigenvalue weighted by Gasteiger charge is -2.48. The summed E-state index contributed by atoms with van der Waals surface area (Å²) >= 11 is 0. The van der Waals surface area contributed by atoms with E-state index >= 15 is 0 Å². The molecule has 122 valence electrons. The SMILES string of the molecule is O=C(c1ccccc1)N1C(=O)c2ccccc2CC12CCCCC2. The zero-order valence-corrected chi connectivity index (χ0v) is 13.7. The number of carbonyl (C=O) groups is 2. The molecule has 0 N–H and O–H groups in total. The molecule has 1 heterocycles. The fourth-order valence-corrected chi connectivity index (χ4v) is 4.28. The molecule has 3 heteroatoms. The van der Waals surface area contributed by atoms with Gasteiger partial charge in [-0.05, 0) is 43.0 Å².